The molecule has 3 rings (SSSR count). The summed E-state index contributed by atoms with van der Waals surface area (Å²) in [5.74, 6) is 0.432. The number of amides is 2. The number of rotatable bonds is 7. The van der Waals surface area contributed by atoms with E-state index in [4.69, 9.17) is 14.0 Å². The van der Waals surface area contributed by atoms with Crippen LogP contribution in [0.15, 0.2) is 29.0 Å². The molecular formula is C19H25N5O5. The third-order valence-electron chi connectivity index (χ3n) is 4.60. The Morgan fingerprint density at radius 1 is 1.31 bits per heavy atom. The van der Waals surface area contributed by atoms with Gasteiger partial charge in [-0.05, 0) is 25.5 Å². The zero-order valence-electron chi connectivity index (χ0n) is 16.6. The van der Waals surface area contributed by atoms with Gasteiger partial charge in [0.15, 0.2) is 5.82 Å². The van der Waals surface area contributed by atoms with Crippen molar-refractivity contribution in [2.75, 3.05) is 46.6 Å². The van der Waals surface area contributed by atoms with Crippen LogP contribution in [-0.2, 0) is 14.3 Å². The van der Waals surface area contributed by atoms with E-state index in [2.05, 4.69) is 15.1 Å². The number of aromatic nitrogens is 3. The lowest BCUT2D eigenvalue weighted by molar-refractivity contribution is -0.137. The second kappa shape index (κ2) is 10.1. The molecule has 10 nitrogen and oxygen atoms in total. The lowest BCUT2D eigenvalue weighted by Crippen LogP contribution is -2.41. The van der Waals surface area contributed by atoms with E-state index in [0.29, 0.717) is 50.0 Å². The minimum absolute atomic E-state index is 0.0461. The molecule has 2 amide bonds. The van der Waals surface area contributed by atoms with Crippen LogP contribution < -0.4 is 0 Å². The molecule has 0 spiro atoms. The van der Waals surface area contributed by atoms with Gasteiger partial charge in [-0.25, -0.2) is 0 Å². The van der Waals surface area contributed by atoms with Crippen molar-refractivity contribution in [3.63, 3.8) is 0 Å². The van der Waals surface area contributed by atoms with Crippen molar-refractivity contribution in [2.45, 2.75) is 19.4 Å². The molecule has 0 aliphatic carbocycles. The summed E-state index contributed by atoms with van der Waals surface area (Å²) in [5, 5.41) is 3.85. The monoisotopic (exact) mass is 403 g/mol. The largest absolute Gasteiger partial charge is 0.382 e. The quantitative estimate of drug-likeness (QED) is 0.626. The Morgan fingerprint density at radius 3 is 2.86 bits per heavy atom. The standard InChI is InChI=1S/C19H25N5O5/c1-14-21-18(29-22-14)16-12-23(17(25)13-28-10-9-27-2)7-4-8-24(16)19(26)15-5-3-6-20-11-15/h3,5-6,11,16H,4,7-10,12-13H2,1-2H3. The first-order valence-corrected chi connectivity index (χ1v) is 9.46. The second-order valence-corrected chi connectivity index (χ2v) is 6.67. The Morgan fingerprint density at radius 2 is 2.17 bits per heavy atom. The van der Waals surface area contributed by atoms with Gasteiger partial charge in [-0.15, -0.1) is 0 Å². The van der Waals surface area contributed by atoms with Crippen LogP contribution in [0.4, 0.5) is 0 Å². The molecule has 29 heavy (non-hydrogen) atoms. The molecule has 1 saturated heterocycles. The van der Waals surface area contributed by atoms with Gasteiger partial charge in [0, 0.05) is 32.6 Å². The molecule has 2 aromatic heterocycles. The number of carbonyl (C=O) groups is 2. The zero-order chi connectivity index (χ0) is 20.6. The molecule has 0 bridgehead atoms. The molecule has 0 N–H and O–H groups in total. The van der Waals surface area contributed by atoms with E-state index in [1.807, 2.05) is 0 Å². The van der Waals surface area contributed by atoms with E-state index < -0.39 is 6.04 Å². The fraction of sp³-hybridized carbons (Fsp3) is 0.526. The van der Waals surface area contributed by atoms with Gasteiger partial charge < -0.3 is 23.8 Å². The molecule has 156 valence electrons. The van der Waals surface area contributed by atoms with E-state index in [0.717, 1.165) is 0 Å². The van der Waals surface area contributed by atoms with Crippen LogP contribution >= 0.6 is 0 Å². The van der Waals surface area contributed by atoms with Gasteiger partial charge in [-0.1, -0.05) is 5.16 Å². The molecule has 1 atom stereocenters. The molecule has 1 unspecified atom stereocenters. The van der Waals surface area contributed by atoms with Crippen LogP contribution in [0.5, 0.6) is 0 Å². The number of carbonyl (C=O) groups excluding carboxylic acids is 2. The first-order valence-electron chi connectivity index (χ1n) is 9.46. The fourth-order valence-electron chi connectivity index (χ4n) is 3.16. The summed E-state index contributed by atoms with van der Waals surface area (Å²) in [6, 6.07) is 2.88. The van der Waals surface area contributed by atoms with Crippen LogP contribution in [0.2, 0.25) is 0 Å². The van der Waals surface area contributed by atoms with E-state index in [1.54, 1.807) is 42.2 Å². The maximum Gasteiger partial charge on any atom is 0.256 e. The van der Waals surface area contributed by atoms with Gasteiger partial charge in [0.1, 0.15) is 12.6 Å². The van der Waals surface area contributed by atoms with Gasteiger partial charge in [-0.3, -0.25) is 14.6 Å². The highest BCUT2D eigenvalue weighted by Crippen LogP contribution is 2.26. The summed E-state index contributed by atoms with van der Waals surface area (Å²) in [6.45, 7) is 3.64. The lowest BCUT2D eigenvalue weighted by atomic mass is 10.1. The number of aryl methyl sites for hydroxylation is 1. The minimum Gasteiger partial charge on any atom is -0.382 e. The van der Waals surface area contributed by atoms with Crippen molar-refractivity contribution < 1.29 is 23.6 Å². The zero-order valence-corrected chi connectivity index (χ0v) is 16.6. The number of hydrogen-bond acceptors (Lipinski definition) is 8. The van der Waals surface area contributed by atoms with Crippen LogP contribution in [0, 0.1) is 6.92 Å². The van der Waals surface area contributed by atoms with Crippen molar-refractivity contribution >= 4 is 11.8 Å². The summed E-state index contributed by atoms with van der Waals surface area (Å²) in [7, 11) is 1.57. The predicted molar refractivity (Wildman–Crippen MR) is 101 cm³/mol. The molecule has 0 radical (unpaired) electrons. The van der Waals surface area contributed by atoms with Crippen LogP contribution in [0.25, 0.3) is 0 Å². The molecule has 1 aliphatic heterocycles. The highest BCUT2D eigenvalue weighted by molar-refractivity contribution is 5.94. The third-order valence-corrected chi connectivity index (χ3v) is 4.60. The fourth-order valence-corrected chi connectivity index (χ4v) is 3.16. The maximum absolute atomic E-state index is 13.1. The molecule has 3 heterocycles. The van der Waals surface area contributed by atoms with Gasteiger partial charge in [0.05, 0.1) is 25.3 Å². The van der Waals surface area contributed by atoms with Crippen molar-refractivity contribution in [3.8, 4) is 0 Å². The highest BCUT2D eigenvalue weighted by atomic mass is 16.5. The number of hydrogen-bond donors (Lipinski definition) is 0. The van der Waals surface area contributed by atoms with Crippen molar-refractivity contribution in [1.29, 1.82) is 0 Å². The van der Waals surface area contributed by atoms with Crippen molar-refractivity contribution in [1.82, 2.24) is 24.9 Å². The number of pyridine rings is 1. The SMILES string of the molecule is COCCOCC(=O)N1CCCN(C(=O)c2cccnc2)C(c2nc(C)no2)C1. The van der Waals surface area contributed by atoms with Gasteiger partial charge in [0.25, 0.3) is 11.8 Å². The third kappa shape index (κ3) is 5.36. The molecule has 0 saturated carbocycles. The molecule has 1 fully saturated rings. The maximum atomic E-state index is 13.1. The van der Waals surface area contributed by atoms with E-state index in [1.165, 1.54) is 6.20 Å². The Balaban J connectivity index is 1.79. The predicted octanol–water partition coefficient (Wildman–Crippen LogP) is 0.852. The Bertz CT molecular complexity index is 812. The Hall–Kier alpha value is -2.85. The topological polar surface area (TPSA) is 111 Å². The normalized spacial score (nSPS) is 17.2. The molecule has 10 heteroatoms. The van der Waals surface area contributed by atoms with Crippen LogP contribution in [0.3, 0.4) is 0 Å². The first kappa shape index (κ1) is 20.9. The number of methoxy groups -OCH3 is 1. The molecule has 0 aromatic carbocycles. The van der Waals surface area contributed by atoms with E-state index in [-0.39, 0.29) is 25.0 Å². The Labute approximate surface area is 168 Å². The average molecular weight is 403 g/mol. The Kier molecular flexibility index (Phi) is 7.25. The summed E-state index contributed by atoms with van der Waals surface area (Å²) in [5.41, 5.74) is 0.469. The van der Waals surface area contributed by atoms with Crippen molar-refractivity contribution in [2.24, 2.45) is 0 Å². The van der Waals surface area contributed by atoms with E-state index >= 15 is 0 Å². The summed E-state index contributed by atoms with van der Waals surface area (Å²) in [6.07, 6.45) is 3.76. The minimum atomic E-state index is -0.547. The average Bonchev–Trinajstić information content (AvgIpc) is 3.05. The van der Waals surface area contributed by atoms with Gasteiger partial charge >= 0.3 is 0 Å². The van der Waals surface area contributed by atoms with Crippen LogP contribution in [-0.4, -0.2) is 83.3 Å². The van der Waals surface area contributed by atoms with Gasteiger partial charge in [0.2, 0.25) is 5.91 Å². The molecule has 2 aromatic rings. The highest BCUT2D eigenvalue weighted by Gasteiger charge is 2.35. The number of ether oxygens (including phenoxy) is 2. The van der Waals surface area contributed by atoms with Crippen molar-refractivity contribution in [3.05, 3.63) is 41.8 Å². The summed E-state index contributed by atoms with van der Waals surface area (Å²) < 4.78 is 15.6. The first-order chi connectivity index (χ1) is 14.1. The molecular weight excluding hydrogens is 378 g/mol. The van der Waals surface area contributed by atoms with Gasteiger partial charge in [-0.2, -0.15) is 4.98 Å². The number of nitrogens with zero attached hydrogens (tertiary/aromatic N) is 5. The van der Waals surface area contributed by atoms with E-state index in [9.17, 15) is 9.59 Å². The second-order valence-electron chi connectivity index (χ2n) is 6.67. The summed E-state index contributed by atoms with van der Waals surface area (Å²) in [4.78, 5) is 37.4. The van der Waals surface area contributed by atoms with Crippen LogP contribution in [0.1, 0.15) is 34.5 Å². The summed E-state index contributed by atoms with van der Waals surface area (Å²) >= 11 is 0. The molecule has 1 aliphatic rings. The lowest BCUT2D eigenvalue weighted by Gasteiger charge is -2.29. The smallest absolute Gasteiger partial charge is 0.256 e.